The first-order valence-corrected chi connectivity index (χ1v) is 19.5. The number of benzene rings is 1. The zero-order valence-electron chi connectivity index (χ0n) is 32.4. The van der Waals surface area contributed by atoms with E-state index in [0.717, 1.165) is 75.2 Å². The number of nitrogens with two attached hydrogens (primary N) is 1. The first kappa shape index (κ1) is 41.1. The van der Waals surface area contributed by atoms with Gasteiger partial charge in [0, 0.05) is 6.04 Å². The molecule has 1 saturated heterocycles. The molecule has 11 nitrogen and oxygen atoms in total. The van der Waals surface area contributed by atoms with Crippen molar-refractivity contribution in [3.05, 3.63) is 47.0 Å². The molecule has 3 fully saturated rings. The summed E-state index contributed by atoms with van der Waals surface area (Å²) in [6.45, 7) is 8.77. The number of hydrogen-bond donors (Lipinski definition) is 3. The summed E-state index contributed by atoms with van der Waals surface area (Å²) in [7, 11) is 0. The molecule has 0 radical (unpaired) electrons. The summed E-state index contributed by atoms with van der Waals surface area (Å²) >= 11 is 0. The van der Waals surface area contributed by atoms with E-state index in [4.69, 9.17) is 15.6 Å². The van der Waals surface area contributed by atoms with E-state index in [1.165, 1.54) is 19.1 Å². The van der Waals surface area contributed by atoms with Gasteiger partial charge in [-0.05, 0) is 83.1 Å². The molecular weight excluding hydrogens is 701 g/mol. The summed E-state index contributed by atoms with van der Waals surface area (Å²) in [6.07, 6.45) is 9.56. The number of aromatic nitrogens is 2. The van der Waals surface area contributed by atoms with Crippen molar-refractivity contribution in [2.24, 2.45) is 23.5 Å². The Morgan fingerprint density at radius 2 is 1.52 bits per heavy atom. The number of carbonyl (C=O) groups excluding carboxylic acids is 4. The topological polar surface area (TPSA) is 149 Å². The van der Waals surface area contributed by atoms with Crippen LogP contribution in [0.4, 0.5) is 23.7 Å². The van der Waals surface area contributed by atoms with Gasteiger partial charge in [-0.25, -0.2) is 18.0 Å². The zero-order valence-corrected chi connectivity index (χ0v) is 32.4. The number of amides is 4. The lowest BCUT2D eigenvalue weighted by Gasteiger charge is -2.41. The zero-order chi connectivity index (χ0) is 39.5. The molecule has 1 aromatic heterocycles. The Morgan fingerprint density at radius 1 is 0.926 bits per heavy atom. The molecule has 2 aliphatic carbocycles. The van der Waals surface area contributed by atoms with Crippen molar-refractivity contribution in [3.8, 4) is 0 Å². The van der Waals surface area contributed by atoms with Crippen molar-refractivity contribution in [2.75, 3.05) is 18.4 Å². The highest BCUT2D eigenvalue weighted by Crippen LogP contribution is 2.47. The molecule has 54 heavy (non-hydrogen) atoms. The molecule has 2 aromatic rings. The van der Waals surface area contributed by atoms with Crippen LogP contribution in [0.25, 0.3) is 0 Å². The highest BCUT2D eigenvalue weighted by Gasteiger charge is 2.51. The minimum absolute atomic E-state index is 0.0761. The molecule has 1 aromatic carbocycles. The monoisotopic (exact) mass is 758 g/mol. The normalized spacial score (nSPS) is 20.9. The van der Waals surface area contributed by atoms with Crippen LogP contribution in [-0.4, -0.2) is 69.2 Å². The Labute approximate surface area is 316 Å². The van der Waals surface area contributed by atoms with Gasteiger partial charge in [-0.3, -0.25) is 24.0 Å². The Kier molecular flexibility index (Phi) is 12.7. The van der Waals surface area contributed by atoms with Gasteiger partial charge in [0.1, 0.15) is 23.2 Å². The molecule has 2 saturated carbocycles. The Morgan fingerprint density at radius 3 is 2.02 bits per heavy atom. The maximum Gasteiger partial charge on any atom is 0.410 e. The quantitative estimate of drug-likeness (QED) is 0.214. The number of hydrogen-bond acceptors (Lipinski definition) is 6. The van der Waals surface area contributed by atoms with E-state index >= 15 is 4.39 Å². The highest BCUT2D eigenvalue weighted by molar-refractivity contribution is 5.97. The smallest absolute Gasteiger partial charge is 0.410 e. The van der Waals surface area contributed by atoms with E-state index < -0.39 is 72.1 Å². The Bertz CT molecular complexity index is 1660. The summed E-state index contributed by atoms with van der Waals surface area (Å²) in [5, 5.41) is 9.96. The fourth-order valence-electron chi connectivity index (χ4n) is 8.58. The van der Waals surface area contributed by atoms with Crippen LogP contribution in [-0.2, 0) is 14.3 Å². The molecule has 4 amide bonds. The summed E-state index contributed by atoms with van der Waals surface area (Å²) in [6, 6.07) is 3.74. The van der Waals surface area contributed by atoms with E-state index in [0.29, 0.717) is 5.69 Å². The van der Waals surface area contributed by atoms with Crippen LogP contribution in [0.1, 0.15) is 145 Å². The molecule has 14 heteroatoms. The van der Waals surface area contributed by atoms with Crippen molar-refractivity contribution in [2.45, 2.75) is 141 Å². The van der Waals surface area contributed by atoms with Gasteiger partial charge in [0.05, 0.1) is 36.3 Å². The van der Waals surface area contributed by atoms with Crippen LogP contribution >= 0.6 is 0 Å². The van der Waals surface area contributed by atoms with Gasteiger partial charge in [-0.2, -0.15) is 5.10 Å². The number of likely N-dealkylation sites (tertiary alicyclic amines) is 1. The van der Waals surface area contributed by atoms with Crippen molar-refractivity contribution in [1.82, 2.24) is 20.0 Å². The van der Waals surface area contributed by atoms with Crippen LogP contribution in [0.5, 0.6) is 0 Å². The van der Waals surface area contributed by atoms with Gasteiger partial charge in [-0.1, -0.05) is 70.3 Å². The summed E-state index contributed by atoms with van der Waals surface area (Å²) < 4.78 is 52.5. The highest BCUT2D eigenvalue weighted by atomic mass is 19.3. The maximum absolute atomic E-state index is 15.9. The minimum atomic E-state index is -3.40. The van der Waals surface area contributed by atoms with Crippen LogP contribution in [0.15, 0.2) is 24.3 Å². The fourth-order valence-corrected chi connectivity index (χ4v) is 8.58. The molecule has 1 aliphatic heterocycles. The summed E-state index contributed by atoms with van der Waals surface area (Å²) in [5.74, 6) is -7.41. The van der Waals surface area contributed by atoms with E-state index in [1.807, 2.05) is 13.8 Å². The average Bonchev–Trinajstić information content (AvgIpc) is 3.68. The molecular formula is C40H57F3N6O5. The predicted molar refractivity (Wildman–Crippen MR) is 199 cm³/mol. The van der Waals surface area contributed by atoms with Crippen molar-refractivity contribution in [1.29, 1.82) is 0 Å². The molecule has 3 aliphatic rings. The second-order valence-corrected chi connectivity index (χ2v) is 16.8. The van der Waals surface area contributed by atoms with Gasteiger partial charge >= 0.3 is 6.09 Å². The standard InChI is InChI=1S/C40H57F3N6O5/c1-23(2)49-31(35(44)50)20-30(47-49)34(33(25-13-9-7-10-14-25)26-15-11-8-12-16-26)37(52)45-29-18-17-27(19-28(29)41)24(3)36(51)46-32-21-48(22-40(32,42)43)38(53)54-39(4,5)6/h17-20,23-26,32-34H,7-16,21-22H2,1-6H3,(H2,44,50)(H,45,52)(H,46,51)/t24-,32?,34+/m0/s1. The second kappa shape index (κ2) is 16.7. The largest absolute Gasteiger partial charge is 0.444 e. The number of ether oxygens (including phenoxy) is 1. The maximum atomic E-state index is 15.9. The molecule has 298 valence electrons. The van der Waals surface area contributed by atoms with Crippen LogP contribution in [0.2, 0.25) is 0 Å². The molecule has 5 rings (SSSR count). The first-order chi connectivity index (χ1) is 25.4. The van der Waals surface area contributed by atoms with Gasteiger partial charge in [0.15, 0.2) is 0 Å². The third-order valence-electron chi connectivity index (χ3n) is 11.3. The van der Waals surface area contributed by atoms with E-state index in [1.54, 1.807) is 31.5 Å². The van der Waals surface area contributed by atoms with E-state index in [-0.39, 0.29) is 40.7 Å². The van der Waals surface area contributed by atoms with Gasteiger partial charge in [0.2, 0.25) is 11.8 Å². The lowest BCUT2D eigenvalue weighted by Crippen LogP contribution is -2.48. The van der Waals surface area contributed by atoms with Crippen molar-refractivity contribution < 1.29 is 37.1 Å². The number of rotatable bonds is 11. The molecule has 0 bridgehead atoms. The third kappa shape index (κ3) is 9.57. The third-order valence-corrected chi connectivity index (χ3v) is 11.3. The number of halogens is 3. The Hall–Kier alpha value is -4.10. The van der Waals surface area contributed by atoms with Crippen molar-refractivity contribution in [3.63, 3.8) is 0 Å². The number of anilines is 1. The van der Waals surface area contributed by atoms with E-state index in [9.17, 15) is 28.0 Å². The molecule has 2 heterocycles. The second-order valence-electron chi connectivity index (χ2n) is 16.8. The number of carbonyl (C=O) groups is 4. The Balaban J connectivity index is 1.38. The van der Waals surface area contributed by atoms with Crippen molar-refractivity contribution >= 4 is 29.5 Å². The fraction of sp³-hybridized carbons (Fsp3) is 0.675. The number of nitrogens with zero attached hydrogens (tertiary/aromatic N) is 3. The lowest BCUT2D eigenvalue weighted by molar-refractivity contribution is -0.125. The molecule has 0 spiro atoms. The molecule has 4 N–H and O–H groups in total. The van der Waals surface area contributed by atoms with Gasteiger partial charge in [-0.15, -0.1) is 0 Å². The van der Waals surface area contributed by atoms with Gasteiger partial charge < -0.3 is 21.1 Å². The van der Waals surface area contributed by atoms with Gasteiger partial charge in [0.25, 0.3) is 11.8 Å². The van der Waals surface area contributed by atoms with Crippen LogP contribution in [0, 0.1) is 23.6 Å². The predicted octanol–water partition coefficient (Wildman–Crippen LogP) is 7.68. The molecule has 3 atom stereocenters. The average molecular weight is 759 g/mol. The summed E-state index contributed by atoms with van der Waals surface area (Å²) in [5.41, 5.74) is 5.65. The number of alkyl halides is 2. The molecule has 1 unspecified atom stereocenters. The lowest BCUT2D eigenvalue weighted by atomic mass is 9.64. The minimum Gasteiger partial charge on any atom is -0.444 e. The number of primary amides is 1. The van der Waals surface area contributed by atoms with Crippen LogP contribution in [0.3, 0.4) is 0 Å². The van der Waals surface area contributed by atoms with Crippen LogP contribution < -0.4 is 16.4 Å². The first-order valence-electron chi connectivity index (χ1n) is 19.5. The SMILES string of the molecule is CC(C)n1nc([C@@H](C(=O)Nc2ccc([C@H](C)C(=O)NC3CN(C(=O)OC(C)(C)C)CC3(F)F)cc2F)C(C2CCCCC2)C2CCCCC2)cc1C(N)=O. The van der Waals surface area contributed by atoms with E-state index in [2.05, 4.69) is 10.6 Å². The number of nitrogens with one attached hydrogen (secondary N) is 2. The summed E-state index contributed by atoms with van der Waals surface area (Å²) in [4.78, 5) is 53.6.